The second kappa shape index (κ2) is 9.70. The molecule has 0 aromatic carbocycles. The van der Waals surface area contributed by atoms with Gasteiger partial charge in [-0.15, -0.1) is 0 Å². The van der Waals surface area contributed by atoms with Crippen molar-refractivity contribution < 1.29 is 4.74 Å². The molecule has 1 saturated heterocycles. The molecule has 0 spiro atoms. The fourth-order valence-corrected chi connectivity index (χ4v) is 3.29. The Bertz CT molecular complexity index is 959. The Kier molecular flexibility index (Phi) is 6.80. The lowest BCUT2D eigenvalue weighted by atomic mass is 9.92. The van der Waals surface area contributed by atoms with E-state index in [2.05, 4.69) is 20.6 Å². The van der Waals surface area contributed by atoms with Crippen molar-refractivity contribution in [3.63, 3.8) is 0 Å². The van der Waals surface area contributed by atoms with E-state index in [1.165, 1.54) is 6.21 Å². The second-order valence-electron chi connectivity index (χ2n) is 6.77. The summed E-state index contributed by atoms with van der Waals surface area (Å²) in [5, 5.41) is 13.6. The van der Waals surface area contributed by atoms with Crippen LogP contribution >= 0.6 is 0 Å². The highest BCUT2D eigenvalue weighted by Gasteiger charge is 2.17. The third kappa shape index (κ3) is 5.11. The summed E-state index contributed by atoms with van der Waals surface area (Å²) in [6.45, 7) is 1.48. The number of fused-ring (bicyclic) bond motifs is 1. The Labute approximate surface area is 170 Å². The van der Waals surface area contributed by atoms with E-state index in [1.54, 1.807) is 25.6 Å². The van der Waals surface area contributed by atoms with Crippen LogP contribution in [0.5, 0.6) is 0 Å². The fraction of sp³-hybridized carbons (Fsp3) is 0.286. The van der Waals surface area contributed by atoms with Crippen LogP contribution in [0.1, 0.15) is 18.4 Å². The van der Waals surface area contributed by atoms with Crippen molar-refractivity contribution in [2.24, 2.45) is 17.4 Å². The number of rotatable bonds is 7. The second-order valence-corrected chi connectivity index (χ2v) is 6.77. The van der Waals surface area contributed by atoms with Gasteiger partial charge in [-0.2, -0.15) is 0 Å². The smallest absolute Gasteiger partial charge is 0.132 e. The SMILES string of the molecule is CN/C=C(\C=N)c1cnc2ccc(N/C(N)=C/C(=C\N)C3CCOCC3)nc2c1. The van der Waals surface area contributed by atoms with Crippen molar-refractivity contribution in [2.45, 2.75) is 12.8 Å². The van der Waals surface area contributed by atoms with Crippen molar-refractivity contribution >= 4 is 28.6 Å². The maximum Gasteiger partial charge on any atom is 0.132 e. The van der Waals surface area contributed by atoms with E-state index in [4.69, 9.17) is 21.6 Å². The minimum atomic E-state index is 0.351. The van der Waals surface area contributed by atoms with Gasteiger partial charge in [0.1, 0.15) is 11.6 Å². The molecule has 2 aromatic rings. The van der Waals surface area contributed by atoms with Gasteiger partial charge in [-0.3, -0.25) is 4.98 Å². The topological polar surface area (TPSA) is 135 Å². The summed E-state index contributed by atoms with van der Waals surface area (Å²) in [5.41, 5.74) is 16.0. The highest BCUT2D eigenvalue weighted by molar-refractivity contribution is 6.08. The maximum absolute atomic E-state index is 7.57. The molecule has 8 heteroatoms. The lowest BCUT2D eigenvalue weighted by molar-refractivity contribution is 0.0765. The number of nitrogens with one attached hydrogen (secondary N) is 3. The summed E-state index contributed by atoms with van der Waals surface area (Å²) in [6, 6.07) is 5.61. The van der Waals surface area contributed by atoms with Gasteiger partial charge in [0.2, 0.25) is 0 Å². The van der Waals surface area contributed by atoms with Crippen LogP contribution in [-0.4, -0.2) is 36.4 Å². The molecule has 8 nitrogen and oxygen atoms in total. The zero-order valence-corrected chi connectivity index (χ0v) is 16.5. The average molecular weight is 393 g/mol. The van der Waals surface area contributed by atoms with Gasteiger partial charge < -0.3 is 32.2 Å². The van der Waals surface area contributed by atoms with E-state index in [9.17, 15) is 0 Å². The first-order valence-corrected chi connectivity index (χ1v) is 9.53. The molecule has 7 N–H and O–H groups in total. The van der Waals surface area contributed by atoms with E-state index in [1.807, 2.05) is 24.3 Å². The Balaban J connectivity index is 1.81. The van der Waals surface area contributed by atoms with Gasteiger partial charge in [0.05, 0.1) is 11.0 Å². The number of pyridine rings is 2. The van der Waals surface area contributed by atoms with E-state index < -0.39 is 0 Å². The number of nitrogens with zero attached hydrogens (tertiary/aromatic N) is 2. The number of hydrogen-bond donors (Lipinski definition) is 5. The van der Waals surface area contributed by atoms with Crippen LogP contribution in [0, 0.1) is 11.3 Å². The summed E-state index contributed by atoms with van der Waals surface area (Å²) >= 11 is 0. The standard InChI is InChI=1S/C21H27N7O/c1-25-12-17(11-23)16-8-19-18(26-13-16)2-3-21(27-19)28-20(24)9-15(10-22)14-4-6-29-7-5-14/h2-3,8-14,23,25H,4-7,22,24H2,1H3,(H,27,28)/b15-10+,17-12+,20-9+,23-11?. The predicted molar refractivity (Wildman–Crippen MR) is 117 cm³/mol. The van der Waals surface area contributed by atoms with E-state index in [0.29, 0.717) is 23.1 Å². The molecule has 0 unspecified atom stereocenters. The molecular weight excluding hydrogens is 366 g/mol. The molecule has 0 atom stereocenters. The van der Waals surface area contributed by atoms with Gasteiger partial charge in [0.15, 0.2) is 0 Å². The molecule has 3 heterocycles. The number of aromatic nitrogens is 2. The van der Waals surface area contributed by atoms with E-state index in [-0.39, 0.29) is 0 Å². The quantitative estimate of drug-likeness (QED) is 0.360. The van der Waals surface area contributed by atoms with Crippen molar-refractivity contribution in [2.75, 3.05) is 25.6 Å². The van der Waals surface area contributed by atoms with E-state index in [0.717, 1.165) is 48.3 Å². The number of allylic oxidation sites excluding steroid dienone is 3. The Hall–Kier alpha value is -3.39. The summed E-state index contributed by atoms with van der Waals surface area (Å²) in [7, 11) is 1.79. The van der Waals surface area contributed by atoms with Gasteiger partial charge in [-0.25, -0.2) is 4.98 Å². The summed E-state index contributed by atoms with van der Waals surface area (Å²) < 4.78 is 5.41. The van der Waals surface area contributed by atoms with Gasteiger partial charge in [-0.1, -0.05) is 0 Å². The van der Waals surface area contributed by atoms with Crippen LogP contribution in [0.25, 0.3) is 16.6 Å². The lowest BCUT2D eigenvalue weighted by Gasteiger charge is -2.23. The number of hydrogen-bond acceptors (Lipinski definition) is 8. The zero-order valence-electron chi connectivity index (χ0n) is 16.5. The maximum atomic E-state index is 7.57. The first-order valence-electron chi connectivity index (χ1n) is 9.53. The lowest BCUT2D eigenvalue weighted by Crippen LogP contribution is -2.19. The molecule has 152 valence electrons. The molecule has 0 aliphatic carbocycles. The average Bonchev–Trinajstić information content (AvgIpc) is 2.76. The van der Waals surface area contributed by atoms with Crippen LogP contribution in [0.4, 0.5) is 5.82 Å². The highest BCUT2D eigenvalue weighted by Crippen LogP contribution is 2.24. The first-order chi connectivity index (χ1) is 14.1. The highest BCUT2D eigenvalue weighted by atomic mass is 16.5. The Morgan fingerprint density at radius 3 is 2.76 bits per heavy atom. The molecule has 29 heavy (non-hydrogen) atoms. The Morgan fingerprint density at radius 1 is 1.28 bits per heavy atom. The molecule has 2 aromatic heterocycles. The summed E-state index contributed by atoms with van der Waals surface area (Å²) in [6.07, 6.45) is 10.1. The molecule has 3 rings (SSSR count). The first kappa shape index (κ1) is 20.3. The van der Waals surface area contributed by atoms with Crippen LogP contribution in [-0.2, 0) is 4.74 Å². The van der Waals surface area contributed by atoms with Crippen molar-refractivity contribution in [3.05, 3.63) is 59.8 Å². The van der Waals surface area contributed by atoms with Crippen LogP contribution < -0.4 is 22.1 Å². The molecule has 1 aliphatic rings. The minimum absolute atomic E-state index is 0.351. The molecule has 0 radical (unpaired) electrons. The van der Waals surface area contributed by atoms with Crippen molar-refractivity contribution in [3.8, 4) is 0 Å². The van der Waals surface area contributed by atoms with E-state index >= 15 is 0 Å². The van der Waals surface area contributed by atoms with Gasteiger partial charge >= 0.3 is 0 Å². The fourth-order valence-electron chi connectivity index (χ4n) is 3.29. The molecular formula is C21H27N7O. The number of nitrogens with two attached hydrogens (primary N) is 2. The third-order valence-electron chi connectivity index (χ3n) is 4.81. The minimum Gasteiger partial charge on any atom is -0.404 e. The normalized spacial score (nSPS) is 16.7. The molecule has 0 saturated carbocycles. The summed E-state index contributed by atoms with van der Waals surface area (Å²) in [5.74, 6) is 1.44. The number of ether oxygens (including phenoxy) is 1. The zero-order chi connectivity index (χ0) is 20.6. The van der Waals surface area contributed by atoms with Crippen molar-refractivity contribution in [1.29, 1.82) is 5.41 Å². The third-order valence-corrected chi connectivity index (χ3v) is 4.81. The number of anilines is 1. The van der Waals surface area contributed by atoms with Gasteiger partial charge in [-0.05, 0) is 54.8 Å². The monoisotopic (exact) mass is 393 g/mol. The van der Waals surface area contributed by atoms with Crippen LogP contribution in [0.15, 0.2) is 54.3 Å². The van der Waals surface area contributed by atoms with Crippen molar-refractivity contribution in [1.82, 2.24) is 15.3 Å². The molecule has 0 bridgehead atoms. The van der Waals surface area contributed by atoms with Crippen LogP contribution in [0.3, 0.4) is 0 Å². The van der Waals surface area contributed by atoms with Gasteiger partial charge in [0, 0.05) is 50.0 Å². The largest absolute Gasteiger partial charge is 0.404 e. The van der Waals surface area contributed by atoms with Crippen LogP contribution in [0.2, 0.25) is 0 Å². The predicted octanol–water partition coefficient (Wildman–Crippen LogP) is 2.32. The molecule has 1 aliphatic heterocycles. The summed E-state index contributed by atoms with van der Waals surface area (Å²) in [4.78, 5) is 9.04. The molecule has 1 fully saturated rings. The molecule has 0 amide bonds. The van der Waals surface area contributed by atoms with Gasteiger partial charge in [0.25, 0.3) is 0 Å². The Morgan fingerprint density at radius 2 is 2.07 bits per heavy atom.